The highest BCUT2D eigenvalue weighted by atomic mass is 16.1. The van der Waals surface area contributed by atoms with Gasteiger partial charge in [-0.15, -0.1) is 0 Å². The van der Waals surface area contributed by atoms with E-state index in [4.69, 9.17) is 0 Å². The molecule has 13 heavy (non-hydrogen) atoms. The van der Waals surface area contributed by atoms with Crippen molar-refractivity contribution in [3.05, 3.63) is 11.9 Å². The van der Waals surface area contributed by atoms with Crippen molar-refractivity contribution in [3.63, 3.8) is 0 Å². The van der Waals surface area contributed by atoms with E-state index in [1.807, 2.05) is 0 Å². The molecule has 0 bridgehead atoms. The summed E-state index contributed by atoms with van der Waals surface area (Å²) in [5, 5.41) is 2.95. The molecule has 0 spiro atoms. The summed E-state index contributed by atoms with van der Waals surface area (Å²) < 4.78 is 0. The Morgan fingerprint density at radius 1 is 1.69 bits per heavy atom. The molecule has 0 amide bonds. The van der Waals surface area contributed by atoms with E-state index in [1.54, 1.807) is 6.08 Å². The zero-order valence-corrected chi connectivity index (χ0v) is 7.76. The van der Waals surface area contributed by atoms with E-state index in [1.165, 1.54) is 6.42 Å². The zero-order chi connectivity index (χ0) is 9.26. The molecule has 72 valence electrons. The Kier molecular flexibility index (Phi) is 2.22. The SMILES string of the molecule is CC1CC1CNNC1=CC(=O)CN1. The zero-order valence-electron chi connectivity index (χ0n) is 7.76. The fourth-order valence-corrected chi connectivity index (χ4v) is 1.49. The summed E-state index contributed by atoms with van der Waals surface area (Å²) in [6.45, 7) is 3.65. The van der Waals surface area contributed by atoms with E-state index >= 15 is 0 Å². The van der Waals surface area contributed by atoms with Gasteiger partial charge < -0.3 is 10.7 Å². The molecule has 1 heterocycles. The normalized spacial score (nSPS) is 31.2. The van der Waals surface area contributed by atoms with Crippen LogP contribution in [0.2, 0.25) is 0 Å². The first-order valence-corrected chi connectivity index (χ1v) is 4.73. The summed E-state index contributed by atoms with van der Waals surface area (Å²) in [7, 11) is 0. The maximum Gasteiger partial charge on any atom is 0.178 e. The minimum atomic E-state index is 0.129. The third kappa shape index (κ3) is 2.21. The summed E-state index contributed by atoms with van der Waals surface area (Å²) in [6.07, 6.45) is 2.91. The molecule has 0 aromatic rings. The van der Waals surface area contributed by atoms with Crippen LogP contribution >= 0.6 is 0 Å². The second-order valence-corrected chi connectivity index (χ2v) is 3.86. The van der Waals surface area contributed by atoms with E-state index < -0.39 is 0 Å². The fraction of sp³-hybridized carbons (Fsp3) is 0.667. The Labute approximate surface area is 77.7 Å². The van der Waals surface area contributed by atoms with Crippen LogP contribution in [-0.2, 0) is 4.79 Å². The smallest absolute Gasteiger partial charge is 0.178 e. The number of carbonyl (C=O) groups excluding carboxylic acids is 1. The molecule has 2 unspecified atom stereocenters. The number of carbonyl (C=O) groups is 1. The molecular formula is C9H15N3O. The molecule has 1 aliphatic heterocycles. The van der Waals surface area contributed by atoms with Crippen LogP contribution in [0.3, 0.4) is 0 Å². The molecule has 1 saturated carbocycles. The average molecular weight is 181 g/mol. The Bertz CT molecular complexity index is 249. The molecule has 0 aromatic heterocycles. The first kappa shape index (κ1) is 8.56. The van der Waals surface area contributed by atoms with Crippen LogP contribution in [-0.4, -0.2) is 18.9 Å². The van der Waals surface area contributed by atoms with Gasteiger partial charge in [0.15, 0.2) is 5.78 Å². The Morgan fingerprint density at radius 2 is 2.46 bits per heavy atom. The van der Waals surface area contributed by atoms with Gasteiger partial charge in [0.25, 0.3) is 0 Å². The van der Waals surface area contributed by atoms with Crippen LogP contribution in [0, 0.1) is 11.8 Å². The second kappa shape index (κ2) is 3.38. The van der Waals surface area contributed by atoms with Crippen molar-refractivity contribution in [2.45, 2.75) is 13.3 Å². The molecule has 0 radical (unpaired) electrons. The van der Waals surface area contributed by atoms with Gasteiger partial charge in [-0.3, -0.25) is 4.79 Å². The number of nitrogens with one attached hydrogen (secondary N) is 3. The predicted molar refractivity (Wildman–Crippen MR) is 49.5 cm³/mol. The van der Waals surface area contributed by atoms with Crippen molar-refractivity contribution in [2.75, 3.05) is 13.1 Å². The van der Waals surface area contributed by atoms with Crippen molar-refractivity contribution in [2.24, 2.45) is 11.8 Å². The van der Waals surface area contributed by atoms with E-state index in [0.717, 1.165) is 24.2 Å². The summed E-state index contributed by atoms with van der Waals surface area (Å²) in [5.41, 5.74) is 6.09. The van der Waals surface area contributed by atoms with Crippen molar-refractivity contribution in [3.8, 4) is 0 Å². The molecule has 4 nitrogen and oxygen atoms in total. The van der Waals surface area contributed by atoms with Gasteiger partial charge in [-0.05, 0) is 18.3 Å². The molecule has 0 aromatic carbocycles. The maximum atomic E-state index is 10.8. The topological polar surface area (TPSA) is 53.2 Å². The quantitative estimate of drug-likeness (QED) is 0.523. The summed E-state index contributed by atoms with van der Waals surface area (Å²) in [6, 6.07) is 0. The van der Waals surface area contributed by atoms with Gasteiger partial charge in [0.2, 0.25) is 0 Å². The molecule has 3 N–H and O–H groups in total. The first-order valence-electron chi connectivity index (χ1n) is 4.73. The molecular weight excluding hydrogens is 166 g/mol. The van der Waals surface area contributed by atoms with Gasteiger partial charge in [0.05, 0.1) is 6.54 Å². The molecule has 2 rings (SSSR count). The molecule has 2 aliphatic rings. The lowest BCUT2D eigenvalue weighted by Crippen LogP contribution is -2.36. The minimum absolute atomic E-state index is 0.129. The fourth-order valence-electron chi connectivity index (χ4n) is 1.49. The third-order valence-electron chi connectivity index (χ3n) is 2.62. The molecule has 1 fully saturated rings. The van der Waals surface area contributed by atoms with Crippen LogP contribution in [0.5, 0.6) is 0 Å². The first-order chi connectivity index (χ1) is 6.25. The van der Waals surface area contributed by atoms with Crippen LogP contribution in [0.15, 0.2) is 11.9 Å². The summed E-state index contributed by atoms with van der Waals surface area (Å²) in [4.78, 5) is 10.8. The van der Waals surface area contributed by atoms with Crippen molar-refractivity contribution >= 4 is 5.78 Å². The Balaban J connectivity index is 1.63. The summed E-state index contributed by atoms with van der Waals surface area (Å²) in [5.74, 6) is 2.59. The molecule has 4 heteroatoms. The van der Waals surface area contributed by atoms with Crippen LogP contribution < -0.4 is 16.2 Å². The van der Waals surface area contributed by atoms with Crippen molar-refractivity contribution < 1.29 is 4.79 Å². The number of rotatable bonds is 4. The third-order valence-corrected chi connectivity index (χ3v) is 2.62. The number of hydrogen-bond donors (Lipinski definition) is 3. The van der Waals surface area contributed by atoms with Gasteiger partial charge in [0, 0.05) is 12.6 Å². The second-order valence-electron chi connectivity index (χ2n) is 3.86. The monoisotopic (exact) mass is 181 g/mol. The molecule has 2 atom stereocenters. The minimum Gasteiger partial charge on any atom is -0.363 e. The molecule has 1 aliphatic carbocycles. The highest BCUT2D eigenvalue weighted by molar-refractivity contribution is 5.94. The number of ketones is 1. The van der Waals surface area contributed by atoms with Crippen molar-refractivity contribution in [1.82, 2.24) is 16.2 Å². The van der Waals surface area contributed by atoms with Crippen LogP contribution in [0.4, 0.5) is 0 Å². The Hall–Kier alpha value is -1.03. The molecule has 0 saturated heterocycles. The van der Waals surface area contributed by atoms with Gasteiger partial charge >= 0.3 is 0 Å². The van der Waals surface area contributed by atoms with E-state index in [-0.39, 0.29) is 5.78 Å². The lowest BCUT2D eigenvalue weighted by atomic mass is 10.3. The lowest BCUT2D eigenvalue weighted by molar-refractivity contribution is -0.113. The van der Waals surface area contributed by atoms with Gasteiger partial charge in [-0.25, -0.2) is 5.43 Å². The average Bonchev–Trinajstić information content (AvgIpc) is 2.60. The van der Waals surface area contributed by atoms with E-state index in [9.17, 15) is 4.79 Å². The van der Waals surface area contributed by atoms with E-state index in [2.05, 4.69) is 23.1 Å². The maximum absolute atomic E-state index is 10.8. The van der Waals surface area contributed by atoms with Gasteiger partial charge in [0.1, 0.15) is 5.82 Å². The highest BCUT2D eigenvalue weighted by Crippen LogP contribution is 2.36. The van der Waals surface area contributed by atoms with Gasteiger partial charge in [-0.2, -0.15) is 0 Å². The van der Waals surface area contributed by atoms with E-state index in [0.29, 0.717) is 6.54 Å². The lowest BCUT2D eigenvalue weighted by Gasteiger charge is -2.08. The van der Waals surface area contributed by atoms with Gasteiger partial charge in [-0.1, -0.05) is 6.92 Å². The largest absolute Gasteiger partial charge is 0.363 e. The summed E-state index contributed by atoms with van der Waals surface area (Å²) >= 11 is 0. The standard InChI is InChI=1S/C9H15N3O/c1-6-2-7(6)4-11-12-9-3-8(13)5-10-9/h3,6-7,10-12H,2,4-5H2,1H3. The number of hydrogen-bond acceptors (Lipinski definition) is 4. The van der Waals surface area contributed by atoms with Crippen LogP contribution in [0.1, 0.15) is 13.3 Å². The predicted octanol–water partition coefficient (Wildman–Crippen LogP) is -0.250. The Morgan fingerprint density at radius 3 is 3.00 bits per heavy atom. The van der Waals surface area contributed by atoms with Crippen molar-refractivity contribution in [1.29, 1.82) is 0 Å². The number of hydrazine groups is 1. The van der Waals surface area contributed by atoms with Crippen LogP contribution in [0.25, 0.3) is 0 Å². The highest BCUT2D eigenvalue weighted by Gasteiger charge is 2.31.